The number of nitrogens with zero attached hydrogens (tertiary/aromatic N) is 1. The predicted octanol–water partition coefficient (Wildman–Crippen LogP) is 8.31. The average molecular weight is 517 g/mol. The molecule has 0 aliphatic rings. The number of carbonyl (C=O) groups is 1. The number of benzene rings is 4. The normalized spacial score (nSPS) is 11.8. The van der Waals surface area contributed by atoms with Crippen LogP contribution in [0.2, 0.25) is 0 Å². The van der Waals surface area contributed by atoms with E-state index in [4.69, 9.17) is 4.74 Å². The number of para-hydroxylation sites is 2. The molecule has 4 aromatic carbocycles. The minimum absolute atomic E-state index is 0.0744. The predicted molar refractivity (Wildman–Crippen MR) is 159 cm³/mol. The first-order valence-electron chi connectivity index (χ1n) is 13.9. The fourth-order valence-corrected chi connectivity index (χ4v) is 5.15. The number of carbonyl (C=O) groups excluding carboxylic acids is 1. The summed E-state index contributed by atoms with van der Waals surface area (Å²) in [6, 6.07) is 37.0. The zero-order chi connectivity index (χ0) is 26.9. The first-order chi connectivity index (χ1) is 19.2. The second kappa shape index (κ2) is 13.0. The molecule has 5 rings (SSSR count). The molecular formula is C35H36N2O2. The van der Waals surface area contributed by atoms with Crippen molar-refractivity contribution < 1.29 is 9.53 Å². The van der Waals surface area contributed by atoms with Crippen LogP contribution < -0.4 is 10.1 Å². The van der Waals surface area contributed by atoms with Gasteiger partial charge >= 0.3 is 0 Å². The van der Waals surface area contributed by atoms with Crippen molar-refractivity contribution in [2.45, 2.75) is 45.1 Å². The van der Waals surface area contributed by atoms with Gasteiger partial charge in [0.25, 0.3) is 0 Å². The molecule has 4 heteroatoms. The molecule has 0 aliphatic heterocycles. The quantitative estimate of drug-likeness (QED) is 0.169. The first kappa shape index (κ1) is 26.3. The van der Waals surface area contributed by atoms with Crippen LogP contribution in [0.4, 0.5) is 0 Å². The maximum atomic E-state index is 13.2. The van der Waals surface area contributed by atoms with E-state index in [1.54, 1.807) is 0 Å². The van der Waals surface area contributed by atoms with Crippen molar-refractivity contribution in [3.05, 3.63) is 132 Å². The Bertz CT molecular complexity index is 1490. The van der Waals surface area contributed by atoms with E-state index < -0.39 is 0 Å². The van der Waals surface area contributed by atoms with Gasteiger partial charge in [-0.1, -0.05) is 98.6 Å². The van der Waals surface area contributed by atoms with Gasteiger partial charge in [0, 0.05) is 42.5 Å². The third-order valence-corrected chi connectivity index (χ3v) is 7.12. The Morgan fingerprint density at radius 1 is 0.821 bits per heavy atom. The summed E-state index contributed by atoms with van der Waals surface area (Å²) in [4.78, 5) is 13.2. The Labute approximate surface area is 231 Å². The zero-order valence-corrected chi connectivity index (χ0v) is 22.6. The Morgan fingerprint density at radius 3 is 2.33 bits per heavy atom. The molecule has 1 heterocycles. The molecule has 1 N–H and O–H groups in total. The highest BCUT2D eigenvalue weighted by Gasteiger charge is 2.23. The van der Waals surface area contributed by atoms with E-state index >= 15 is 0 Å². The van der Waals surface area contributed by atoms with Crippen molar-refractivity contribution in [3.63, 3.8) is 0 Å². The van der Waals surface area contributed by atoms with Crippen LogP contribution in [-0.2, 0) is 11.3 Å². The average Bonchev–Trinajstić information content (AvgIpc) is 3.33. The van der Waals surface area contributed by atoms with Gasteiger partial charge in [0.1, 0.15) is 11.5 Å². The van der Waals surface area contributed by atoms with E-state index in [1.165, 1.54) is 16.5 Å². The molecule has 4 nitrogen and oxygen atoms in total. The lowest BCUT2D eigenvalue weighted by Gasteiger charge is -2.18. The third-order valence-electron chi connectivity index (χ3n) is 7.12. The molecule has 1 aromatic heterocycles. The Kier molecular flexibility index (Phi) is 8.75. The molecule has 0 saturated heterocycles. The molecule has 1 amide bonds. The lowest BCUT2D eigenvalue weighted by Crippen LogP contribution is -2.26. The molecule has 0 bridgehead atoms. The molecule has 198 valence electrons. The molecule has 1 atom stereocenters. The van der Waals surface area contributed by atoms with Gasteiger partial charge in [-0.25, -0.2) is 0 Å². The zero-order valence-electron chi connectivity index (χ0n) is 22.6. The van der Waals surface area contributed by atoms with Crippen LogP contribution in [0.3, 0.4) is 0 Å². The molecular weight excluding hydrogens is 480 g/mol. The van der Waals surface area contributed by atoms with E-state index in [9.17, 15) is 4.79 Å². The highest BCUT2D eigenvalue weighted by molar-refractivity contribution is 5.87. The van der Waals surface area contributed by atoms with Crippen LogP contribution in [0.15, 0.2) is 115 Å². The second-order valence-electron chi connectivity index (χ2n) is 10.0. The number of hydrogen-bond donors (Lipinski definition) is 1. The summed E-state index contributed by atoms with van der Waals surface area (Å²) in [6.45, 7) is 3.66. The van der Waals surface area contributed by atoms with E-state index in [0.717, 1.165) is 48.4 Å². The van der Waals surface area contributed by atoms with Crippen molar-refractivity contribution in [2.75, 3.05) is 6.54 Å². The molecule has 1 unspecified atom stereocenters. The summed E-state index contributed by atoms with van der Waals surface area (Å²) < 4.78 is 8.47. The van der Waals surface area contributed by atoms with Gasteiger partial charge in [0.05, 0.1) is 0 Å². The van der Waals surface area contributed by atoms with Gasteiger partial charge in [-0.15, -0.1) is 0 Å². The van der Waals surface area contributed by atoms with Crippen molar-refractivity contribution in [1.29, 1.82) is 0 Å². The summed E-state index contributed by atoms with van der Waals surface area (Å²) in [7, 11) is 0. The minimum Gasteiger partial charge on any atom is -0.457 e. The highest BCUT2D eigenvalue weighted by atomic mass is 16.5. The largest absolute Gasteiger partial charge is 0.457 e. The maximum Gasteiger partial charge on any atom is 0.220 e. The molecule has 0 radical (unpaired) electrons. The molecule has 0 spiro atoms. The topological polar surface area (TPSA) is 43.3 Å². The van der Waals surface area contributed by atoms with Crippen molar-refractivity contribution in [1.82, 2.24) is 9.88 Å². The summed E-state index contributed by atoms with van der Waals surface area (Å²) >= 11 is 0. The van der Waals surface area contributed by atoms with Gasteiger partial charge < -0.3 is 14.6 Å². The summed E-state index contributed by atoms with van der Waals surface area (Å²) in [6.07, 6.45) is 5.87. The monoisotopic (exact) mass is 516 g/mol. The van der Waals surface area contributed by atoms with Gasteiger partial charge in [-0.2, -0.15) is 0 Å². The molecule has 5 aromatic rings. The number of amides is 1. The Balaban J connectivity index is 1.51. The van der Waals surface area contributed by atoms with Crippen molar-refractivity contribution in [3.8, 4) is 11.5 Å². The number of aromatic nitrogens is 1. The number of fused-ring (bicyclic) bond motifs is 1. The van der Waals surface area contributed by atoms with Crippen LogP contribution in [0.1, 0.15) is 55.2 Å². The third kappa shape index (κ3) is 6.77. The number of ether oxygens (including phenoxy) is 1. The number of hydrogen-bond acceptors (Lipinski definition) is 2. The van der Waals surface area contributed by atoms with Gasteiger partial charge in [-0.3, -0.25) is 4.79 Å². The van der Waals surface area contributed by atoms with E-state index in [0.29, 0.717) is 13.0 Å². The fourth-order valence-electron chi connectivity index (χ4n) is 5.15. The number of unbranched alkanes of at least 4 members (excludes halogenated alkanes) is 2. The van der Waals surface area contributed by atoms with Gasteiger partial charge in [-0.05, 0) is 53.4 Å². The minimum atomic E-state index is -0.113. The first-order valence-corrected chi connectivity index (χ1v) is 13.9. The molecule has 0 saturated carbocycles. The SMILES string of the molecule is CCCCCNC(=O)CC(c1cccc(Oc2ccccc2)c1)c1cn(Cc2ccccc2)c2ccccc12. The molecule has 0 fully saturated rings. The Morgan fingerprint density at radius 2 is 1.54 bits per heavy atom. The lowest BCUT2D eigenvalue weighted by molar-refractivity contribution is -0.121. The fraction of sp³-hybridized carbons (Fsp3) is 0.229. The van der Waals surface area contributed by atoms with E-state index in [2.05, 4.69) is 83.7 Å². The van der Waals surface area contributed by atoms with Crippen molar-refractivity contribution >= 4 is 16.8 Å². The van der Waals surface area contributed by atoms with Crippen molar-refractivity contribution in [2.24, 2.45) is 0 Å². The smallest absolute Gasteiger partial charge is 0.220 e. The van der Waals surface area contributed by atoms with Crippen LogP contribution in [0.25, 0.3) is 10.9 Å². The summed E-state index contributed by atoms with van der Waals surface area (Å²) in [5.74, 6) is 1.52. The lowest BCUT2D eigenvalue weighted by atomic mass is 9.88. The van der Waals surface area contributed by atoms with Gasteiger partial charge in [0.15, 0.2) is 0 Å². The molecule has 39 heavy (non-hydrogen) atoms. The standard InChI is InChI=1S/C35H36N2O2/c1-2-3-12-22-36-35(38)24-32(28-16-13-19-30(23-28)39-29-17-8-5-9-18-29)33-26-37(25-27-14-6-4-7-15-27)34-21-11-10-20-31(33)34/h4-11,13-21,23,26,32H,2-3,12,22,24-25H2,1H3,(H,36,38). The van der Waals surface area contributed by atoms with Gasteiger partial charge in [0.2, 0.25) is 5.91 Å². The van der Waals surface area contributed by atoms with Crippen LogP contribution in [0.5, 0.6) is 11.5 Å². The summed E-state index contributed by atoms with van der Waals surface area (Å²) in [5, 5.41) is 4.33. The van der Waals surface area contributed by atoms with Crippen LogP contribution in [0, 0.1) is 0 Å². The van der Waals surface area contributed by atoms with E-state index in [-0.39, 0.29) is 11.8 Å². The molecule has 0 aliphatic carbocycles. The van der Waals surface area contributed by atoms with Crippen LogP contribution in [-0.4, -0.2) is 17.0 Å². The maximum absolute atomic E-state index is 13.2. The Hall–Kier alpha value is -4.31. The highest BCUT2D eigenvalue weighted by Crippen LogP contribution is 2.37. The number of rotatable bonds is 12. The number of nitrogens with one attached hydrogen (secondary N) is 1. The summed E-state index contributed by atoms with van der Waals surface area (Å²) in [5.41, 5.74) is 4.63. The van der Waals surface area contributed by atoms with Crippen LogP contribution >= 0.6 is 0 Å². The van der Waals surface area contributed by atoms with E-state index in [1.807, 2.05) is 48.5 Å². The second-order valence-corrected chi connectivity index (χ2v) is 10.0.